The molecule has 0 aliphatic rings. The number of hydrogen-bond acceptors (Lipinski definition) is 3. The van der Waals surface area contributed by atoms with Gasteiger partial charge in [-0.15, -0.1) is 0 Å². The summed E-state index contributed by atoms with van der Waals surface area (Å²) in [6.07, 6.45) is 2.75. The van der Waals surface area contributed by atoms with Gasteiger partial charge in [0.05, 0.1) is 6.54 Å². The Balaban J connectivity index is 2.80. The third kappa shape index (κ3) is 4.39. The molecule has 0 spiro atoms. The maximum absolute atomic E-state index is 11.8. The van der Waals surface area contributed by atoms with Crippen molar-refractivity contribution in [1.29, 1.82) is 0 Å². The fourth-order valence-corrected chi connectivity index (χ4v) is 1.76. The fraction of sp³-hybridized carbons (Fsp3) is 0.467. The van der Waals surface area contributed by atoms with Gasteiger partial charge in [-0.2, -0.15) is 0 Å². The molecule has 0 unspecified atom stereocenters. The first-order chi connectivity index (χ1) is 8.95. The normalized spacial score (nSPS) is 10.3. The van der Waals surface area contributed by atoms with Crippen molar-refractivity contribution in [3.05, 3.63) is 45.5 Å². The van der Waals surface area contributed by atoms with Crippen LogP contribution in [-0.4, -0.2) is 5.91 Å². The van der Waals surface area contributed by atoms with E-state index in [0.29, 0.717) is 11.3 Å². The van der Waals surface area contributed by atoms with Gasteiger partial charge >= 0.3 is 5.63 Å². The third-order valence-corrected chi connectivity index (χ3v) is 2.91. The van der Waals surface area contributed by atoms with Gasteiger partial charge in [0, 0.05) is 11.1 Å². The van der Waals surface area contributed by atoms with Crippen molar-refractivity contribution in [2.24, 2.45) is 0 Å². The highest BCUT2D eigenvalue weighted by Gasteiger charge is 2.09. The van der Waals surface area contributed by atoms with Gasteiger partial charge in [0.25, 0.3) is 0 Å². The average Bonchev–Trinajstić information content (AvgIpc) is 2.34. The van der Waals surface area contributed by atoms with Gasteiger partial charge in [-0.25, -0.2) is 4.79 Å². The maximum atomic E-state index is 11.8. The van der Waals surface area contributed by atoms with E-state index in [1.54, 1.807) is 6.92 Å². The molecular weight excluding hydrogens is 242 g/mol. The molecule has 1 rings (SSSR count). The molecule has 0 aliphatic carbocycles. The highest BCUT2D eigenvalue weighted by Crippen LogP contribution is 2.09. The summed E-state index contributed by atoms with van der Waals surface area (Å²) >= 11 is 0. The predicted molar refractivity (Wildman–Crippen MR) is 75.0 cm³/mol. The highest BCUT2D eigenvalue weighted by molar-refractivity contribution is 5.91. The van der Waals surface area contributed by atoms with Crippen LogP contribution in [0.15, 0.2) is 27.4 Å². The molecule has 4 nitrogen and oxygen atoms in total. The van der Waals surface area contributed by atoms with Crippen LogP contribution >= 0.6 is 0 Å². The molecule has 1 N–H and O–H groups in total. The number of carbonyl (C=O) groups excluding carboxylic acids is 1. The fourth-order valence-electron chi connectivity index (χ4n) is 1.76. The van der Waals surface area contributed by atoms with E-state index < -0.39 is 0 Å². The van der Waals surface area contributed by atoms with E-state index in [1.165, 1.54) is 0 Å². The Morgan fingerprint density at radius 3 is 2.68 bits per heavy atom. The second-order valence-corrected chi connectivity index (χ2v) is 4.73. The molecule has 0 aliphatic heterocycles. The number of rotatable bonds is 6. The number of carbonyl (C=O) groups is 1. The van der Waals surface area contributed by atoms with E-state index in [4.69, 9.17) is 4.42 Å². The van der Waals surface area contributed by atoms with Crippen LogP contribution < -0.4 is 10.9 Å². The first kappa shape index (κ1) is 15.2. The van der Waals surface area contributed by atoms with Crippen LogP contribution in [0.25, 0.3) is 0 Å². The Morgan fingerprint density at radius 1 is 1.47 bits per heavy atom. The molecule has 0 aromatic carbocycles. The van der Waals surface area contributed by atoms with Crippen LogP contribution in [0.5, 0.6) is 0 Å². The quantitative estimate of drug-likeness (QED) is 0.802. The topological polar surface area (TPSA) is 59.3 Å². The first-order valence-corrected chi connectivity index (χ1v) is 6.52. The first-order valence-electron chi connectivity index (χ1n) is 6.52. The molecule has 1 heterocycles. The van der Waals surface area contributed by atoms with Crippen molar-refractivity contribution >= 4 is 5.91 Å². The number of unbranched alkanes of at least 4 members (excludes halogenated alkanes) is 1. The molecule has 1 amide bonds. The largest absolute Gasteiger partial charge is 0.426 e. The molecule has 1 aromatic heterocycles. The molecule has 0 radical (unpaired) electrons. The second-order valence-electron chi connectivity index (χ2n) is 4.73. The Kier molecular flexibility index (Phi) is 5.55. The van der Waals surface area contributed by atoms with Crippen molar-refractivity contribution in [3.8, 4) is 0 Å². The lowest BCUT2D eigenvalue weighted by Gasteiger charge is -2.07. The number of hydrogen-bond donors (Lipinski definition) is 1. The summed E-state index contributed by atoms with van der Waals surface area (Å²) < 4.78 is 5.22. The monoisotopic (exact) mass is 263 g/mol. The summed E-state index contributed by atoms with van der Waals surface area (Å²) in [5.74, 6) is 0.229. The predicted octanol–water partition coefficient (Wildman–Crippen LogP) is 2.48. The molecule has 0 bridgehead atoms. The molecule has 4 heteroatoms. The molecule has 0 saturated heterocycles. The lowest BCUT2D eigenvalue weighted by atomic mass is 10.1. The number of nitrogens with one attached hydrogen (secondary N) is 1. The van der Waals surface area contributed by atoms with E-state index in [0.717, 1.165) is 30.4 Å². The van der Waals surface area contributed by atoms with E-state index >= 15 is 0 Å². The van der Waals surface area contributed by atoms with E-state index in [1.807, 2.05) is 13.0 Å². The SMILES string of the molecule is C=C(C)C(=O)NCc1cc(C)c(CCCC)c(=O)o1. The second kappa shape index (κ2) is 6.92. The van der Waals surface area contributed by atoms with Gasteiger partial charge < -0.3 is 9.73 Å². The van der Waals surface area contributed by atoms with Crippen molar-refractivity contribution in [3.63, 3.8) is 0 Å². The summed E-state index contributed by atoms with van der Waals surface area (Å²) in [6, 6.07) is 1.81. The summed E-state index contributed by atoms with van der Waals surface area (Å²) in [4.78, 5) is 23.2. The van der Waals surface area contributed by atoms with E-state index in [2.05, 4.69) is 18.8 Å². The number of aryl methyl sites for hydroxylation is 1. The minimum absolute atomic E-state index is 0.204. The van der Waals surface area contributed by atoms with E-state index in [-0.39, 0.29) is 18.1 Å². The highest BCUT2D eigenvalue weighted by atomic mass is 16.4. The zero-order chi connectivity index (χ0) is 14.4. The van der Waals surface area contributed by atoms with Crippen LogP contribution in [0.2, 0.25) is 0 Å². The van der Waals surface area contributed by atoms with Crippen LogP contribution in [0.3, 0.4) is 0 Å². The van der Waals surface area contributed by atoms with Gasteiger partial charge in [-0.05, 0) is 38.3 Å². The lowest BCUT2D eigenvalue weighted by Crippen LogP contribution is -2.24. The molecule has 104 valence electrons. The van der Waals surface area contributed by atoms with Crippen molar-refractivity contribution in [2.45, 2.75) is 46.6 Å². The van der Waals surface area contributed by atoms with Gasteiger partial charge in [0.1, 0.15) is 5.76 Å². The smallest absolute Gasteiger partial charge is 0.339 e. The Bertz CT molecular complexity index is 529. The van der Waals surface area contributed by atoms with Crippen LogP contribution in [0.1, 0.15) is 43.6 Å². The van der Waals surface area contributed by atoms with Gasteiger partial charge in [0.2, 0.25) is 5.91 Å². The molecule has 0 fully saturated rings. The summed E-state index contributed by atoms with van der Waals surface area (Å²) in [7, 11) is 0. The van der Waals surface area contributed by atoms with E-state index in [9.17, 15) is 9.59 Å². The maximum Gasteiger partial charge on any atom is 0.339 e. The van der Waals surface area contributed by atoms with Crippen molar-refractivity contribution < 1.29 is 9.21 Å². The molecule has 0 saturated carbocycles. The van der Waals surface area contributed by atoms with Gasteiger partial charge in [-0.1, -0.05) is 19.9 Å². The summed E-state index contributed by atoms with van der Waals surface area (Å²) in [5, 5.41) is 2.64. The standard InChI is InChI=1S/C15H21NO3/c1-5-6-7-13-11(4)8-12(19-15(13)18)9-16-14(17)10(2)3/h8H,2,5-7,9H2,1,3-4H3,(H,16,17). The molecule has 19 heavy (non-hydrogen) atoms. The Morgan fingerprint density at radius 2 is 2.16 bits per heavy atom. The Labute approximate surface area is 113 Å². The third-order valence-electron chi connectivity index (χ3n) is 2.91. The van der Waals surface area contributed by atoms with Crippen molar-refractivity contribution in [1.82, 2.24) is 5.32 Å². The van der Waals surface area contributed by atoms with Gasteiger partial charge in [-0.3, -0.25) is 4.79 Å². The minimum atomic E-state index is -0.298. The summed E-state index contributed by atoms with van der Waals surface area (Å²) in [5.41, 5.74) is 1.78. The molecule has 0 atom stereocenters. The minimum Gasteiger partial charge on any atom is -0.426 e. The number of amides is 1. The van der Waals surface area contributed by atoms with Crippen LogP contribution in [0, 0.1) is 6.92 Å². The van der Waals surface area contributed by atoms with Crippen molar-refractivity contribution in [2.75, 3.05) is 0 Å². The van der Waals surface area contributed by atoms with Crippen LogP contribution in [0.4, 0.5) is 0 Å². The lowest BCUT2D eigenvalue weighted by molar-refractivity contribution is -0.117. The van der Waals surface area contributed by atoms with Crippen LogP contribution in [-0.2, 0) is 17.8 Å². The summed E-state index contributed by atoms with van der Waals surface area (Å²) in [6.45, 7) is 9.36. The molecule has 1 aromatic rings. The average molecular weight is 263 g/mol. The molecular formula is C15H21NO3. The van der Waals surface area contributed by atoms with Gasteiger partial charge in [0.15, 0.2) is 0 Å². The Hall–Kier alpha value is -1.84. The zero-order valence-electron chi connectivity index (χ0n) is 11.8. The zero-order valence-corrected chi connectivity index (χ0v) is 11.8.